The zero-order chi connectivity index (χ0) is 20.3. The van der Waals surface area contributed by atoms with Crippen molar-refractivity contribution in [2.24, 2.45) is 0 Å². The Morgan fingerprint density at radius 2 is 1.93 bits per heavy atom. The zero-order valence-corrected chi connectivity index (χ0v) is 17.6. The van der Waals surface area contributed by atoms with Gasteiger partial charge >= 0.3 is 0 Å². The minimum absolute atomic E-state index is 0.103. The van der Waals surface area contributed by atoms with Crippen LogP contribution in [0.5, 0.6) is 0 Å². The molecule has 3 aromatic rings. The van der Waals surface area contributed by atoms with Crippen LogP contribution in [0.1, 0.15) is 26.3 Å². The number of carbonyl (C=O) groups excluding carboxylic acids is 1. The predicted molar refractivity (Wildman–Crippen MR) is 115 cm³/mol. The molecule has 1 N–H and O–H groups in total. The van der Waals surface area contributed by atoms with E-state index < -0.39 is 0 Å². The highest BCUT2D eigenvalue weighted by Crippen LogP contribution is 2.20. The summed E-state index contributed by atoms with van der Waals surface area (Å²) in [7, 11) is 0. The Labute approximate surface area is 173 Å². The van der Waals surface area contributed by atoms with E-state index in [4.69, 9.17) is 11.6 Å². The highest BCUT2D eigenvalue weighted by molar-refractivity contribution is 7.99. The van der Waals surface area contributed by atoms with Crippen molar-refractivity contribution in [3.05, 3.63) is 69.5 Å². The van der Waals surface area contributed by atoms with Crippen LogP contribution in [0.3, 0.4) is 0 Å². The smallest absolute Gasteiger partial charge is 0.262 e. The first-order valence-corrected chi connectivity index (χ1v) is 10.3. The van der Waals surface area contributed by atoms with Crippen molar-refractivity contribution in [3.8, 4) is 0 Å². The lowest BCUT2D eigenvalue weighted by atomic mass is 10.1. The Bertz CT molecular complexity index is 1070. The number of para-hydroxylation sites is 1. The molecule has 0 bridgehead atoms. The van der Waals surface area contributed by atoms with Gasteiger partial charge in [-0.2, -0.15) is 0 Å². The van der Waals surface area contributed by atoms with Crippen molar-refractivity contribution < 1.29 is 4.79 Å². The minimum Gasteiger partial charge on any atom is -0.351 e. The van der Waals surface area contributed by atoms with Gasteiger partial charge in [0.05, 0.1) is 23.2 Å². The van der Waals surface area contributed by atoms with Crippen molar-refractivity contribution in [2.75, 3.05) is 5.75 Å². The van der Waals surface area contributed by atoms with Gasteiger partial charge in [-0.3, -0.25) is 14.2 Å². The van der Waals surface area contributed by atoms with Gasteiger partial charge in [0.15, 0.2) is 5.16 Å². The number of hydrogen-bond acceptors (Lipinski definition) is 4. The Hall–Kier alpha value is -2.31. The van der Waals surface area contributed by atoms with Gasteiger partial charge in [-0.25, -0.2) is 4.98 Å². The van der Waals surface area contributed by atoms with Gasteiger partial charge in [0.2, 0.25) is 5.91 Å². The number of aromatic nitrogens is 2. The molecule has 0 aliphatic rings. The van der Waals surface area contributed by atoms with E-state index in [0.29, 0.717) is 27.6 Å². The number of hydrogen-bond donors (Lipinski definition) is 1. The summed E-state index contributed by atoms with van der Waals surface area (Å²) in [5.74, 6) is 0.0756. The van der Waals surface area contributed by atoms with Gasteiger partial charge in [0, 0.05) is 10.6 Å². The van der Waals surface area contributed by atoms with Crippen LogP contribution >= 0.6 is 23.4 Å². The van der Waals surface area contributed by atoms with Crippen LogP contribution in [0.25, 0.3) is 10.9 Å². The molecule has 0 fully saturated rings. The van der Waals surface area contributed by atoms with Crippen LogP contribution in [0.2, 0.25) is 5.02 Å². The second kappa shape index (κ2) is 8.37. The third kappa shape index (κ3) is 5.14. The fourth-order valence-electron chi connectivity index (χ4n) is 2.80. The molecule has 0 unspecified atom stereocenters. The third-order valence-corrected chi connectivity index (χ3v) is 5.11. The van der Waals surface area contributed by atoms with Crippen LogP contribution in [0.15, 0.2) is 58.5 Å². The standard InChI is InChI=1S/C21H22ClN3O2S/c1-21(2,3)24-18(26)13-28-20-23-17-10-5-4-9-16(17)19(27)25(20)12-14-7-6-8-15(22)11-14/h4-11H,12-13H2,1-3H3,(H,24,26). The quantitative estimate of drug-likeness (QED) is 0.503. The number of thioether (sulfide) groups is 1. The normalized spacial score (nSPS) is 11.6. The van der Waals surface area contributed by atoms with E-state index in [1.807, 2.05) is 51.1 Å². The fraction of sp³-hybridized carbons (Fsp3) is 0.286. The van der Waals surface area contributed by atoms with Gasteiger partial charge in [0.25, 0.3) is 5.56 Å². The molecular weight excluding hydrogens is 394 g/mol. The molecule has 2 aromatic carbocycles. The average Bonchev–Trinajstić information content (AvgIpc) is 2.61. The molecule has 1 aromatic heterocycles. The molecule has 1 amide bonds. The van der Waals surface area contributed by atoms with Crippen molar-refractivity contribution in [1.29, 1.82) is 0 Å². The van der Waals surface area contributed by atoms with E-state index in [2.05, 4.69) is 10.3 Å². The number of nitrogens with one attached hydrogen (secondary N) is 1. The molecule has 0 aliphatic heterocycles. The number of carbonyl (C=O) groups is 1. The first-order chi connectivity index (χ1) is 13.2. The molecule has 0 spiro atoms. The number of rotatable bonds is 5. The van der Waals surface area contributed by atoms with E-state index >= 15 is 0 Å². The molecule has 146 valence electrons. The van der Waals surface area contributed by atoms with Gasteiger partial charge in [-0.05, 0) is 50.6 Å². The lowest BCUT2D eigenvalue weighted by Gasteiger charge is -2.20. The molecule has 3 rings (SSSR count). The van der Waals surface area contributed by atoms with E-state index in [1.54, 1.807) is 22.8 Å². The van der Waals surface area contributed by atoms with Crippen LogP contribution in [0, 0.1) is 0 Å². The zero-order valence-electron chi connectivity index (χ0n) is 16.0. The molecule has 0 saturated carbocycles. The first kappa shape index (κ1) is 20.4. The Balaban J connectivity index is 1.97. The van der Waals surface area contributed by atoms with Gasteiger partial charge in [-0.1, -0.05) is 47.6 Å². The number of benzene rings is 2. The first-order valence-electron chi connectivity index (χ1n) is 8.91. The summed E-state index contributed by atoms with van der Waals surface area (Å²) < 4.78 is 1.60. The maximum absolute atomic E-state index is 13.1. The second-order valence-corrected chi connectivity index (χ2v) is 8.90. The van der Waals surface area contributed by atoms with Gasteiger partial charge in [-0.15, -0.1) is 0 Å². The topological polar surface area (TPSA) is 64.0 Å². The van der Waals surface area contributed by atoms with Crippen LogP contribution in [-0.2, 0) is 11.3 Å². The van der Waals surface area contributed by atoms with Gasteiger partial charge in [0.1, 0.15) is 0 Å². The molecule has 5 nitrogen and oxygen atoms in total. The van der Waals surface area contributed by atoms with Crippen molar-refractivity contribution in [1.82, 2.24) is 14.9 Å². The van der Waals surface area contributed by atoms with Crippen LogP contribution in [-0.4, -0.2) is 26.8 Å². The summed E-state index contributed by atoms with van der Waals surface area (Å²) >= 11 is 7.34. The Morgan fingerprint density at radius 1 is 1.18 bits per heavy atom. The van der Waals surface area contributed by atoms with E-state index in [-0.39, 0.29) is 22.8 Å². The maximum atomic E-state index is 13.1. The third-order valence-electron chi connectivity index (χ3n) is 3.90. The fourth-order valence-corrected chi connectivity index (χ4v) is 3.81. The van der Waals surface area contributed by atoms with Crippen LogP contribution < -0.4 is 10.9 Å². The van der Waals surface area contributed by atoms with Crippen LogP contribution in [0.4, 0.5) is 0 Å². The largest absolute Gasteiger partial charge is 0.351 e. The van der Waals surface area contributed by atoms with E-state index in [0.717, 1.165) is 5.56 Å². The summed E-state index contributed by atoms with van der Waals surface area (Å²) in [6.45, 7) is 6.12. The highest BCUT2D eigenvalue weighted by Gasteiger charge is 2.17. The Morgan fingerprint density at radius 3 is 2.64 bits per heavy atom. The number of amides is 1. The summed E-state index contributed by atoms with van der Waals surface area (Å²) in [4.78, 5) is 30.0. The lowest BCUT2D eigenvalue weighted by Crippen LogP contribution is -2.41. The minimum atomic E-state index is -0.311. The molecule has 1 heterocycles. The van der Waals surface area contributed by atoms with Crippen molar-refractivity contribution in [2.45, 2.75) is 38.0 Å². The molecule has 0 atom stereocenters. The van der Waals surface area contributed by atoms with E-state index in [1.165, 1.54) is 11.8 Å². The van der Waals surface area contributed by atoms with E-state index in [9.17, 15) is 9.59 Å². The molecule has 28 heavy (non-hydrogen) atoms. The number of nitrogens with zero attached hydrogens (tertiary/aromatic N) is 2. The average molecular weight is 416 g/mol. The second-order valence-electron chi connectivity index (χ2n) is 7.52. The molecule has 0 saturated heterocycles. The van der Waals surface area contributed by atoms with Crippen molar-refractivity contribution >= 4 is 40.2 Å². The molecule has 0 aliphatic carbocycles. The summed E-state index contributed by atoms with van der Waals surface area (Å²) in [6.07, 6.45) is 0. The Kier molecular flexibility index (Phi) is 6.10. The number of halogens is 1. The molecular formula is C21H22ClN3O2S. The SMILES string of the molecule is CC(C)(C)NC(=O)CSc1nc2ccccc2c(=O)n1Cc1cccc(Cl)c1. The molecule has 7 heteroatoms. The van der Waals surface area contributed by atoms with Crippen molar-refractivity contribution in [3.63, 3.8) is 0 Å². The summed E-state index contributed by atoms with van der Waals surface area (Å²) in [6, 6.07) is 14.6. The lowest BCUT2D eigenvalue weighted by molar-refractivity contribution is -0.119. The highest BCUT2D eigenvalue weighted by atomic mass is 35.5. The number of fused-ring (bicyclic) bond motifs is 1. The monoisotopic (exact) mass is 415 g/mol. The summed E-state index contributed by atoms with van der Waals surface area (Å²) in [5, 5.41) is 4.59. The summed E-state index contributed by atoms with van der Waals surface area (Å²) in [5.41, 5.74) is 1.07. The maximum Gasteiger partial charge on any atom is 0.262 e. The predicted octanol–water partition coefficient (Wildman–Crippen LogP) is 4.11. The van der Waals surface area contributed by atoms with Gasteiger partial charge < -0.3 is 5.32 Å². The molecule has 0 radical (unpaired) electrons.